The third-order valence-electron chi connectivity index (χ3n) is 5.93. The predicted octanol–water partition coefficient (Wildman–Crippen LogP) is 5.88. The van der Waals surface area contributed by atoms with Crippen molar-refractivity contribution in [1.82, 2.24) is 5.32 Å². The van der Waals surface area contributed by atoms with Gasteiger partial charge in [0.2, 0.25) is 0 Å². The fourth-order valence-electron chi connectivity index (χ4n) is 3.79. The maximum Gasteiger partial charge on any atom is 0.410 e. The van der Waals surface area contributed by atoms with Crippen LogP contribution in [0.5, 0.6) is 5.75 Å². The zero-order chi connectivity index (χ0) is 25.8. The Balaban J connectivity index is 1.97. The molecule has 0 radical (unpaired) electrons. The van der Waals surface area contributed by atoms with Gasteiger partial charge in [0.25, 0.3) is 0 Å². The van der Waals surface area contributed by atoms with Gasteiger partial charge in [-0.05, 0) is 37.3 Å². The van der Waals surface area contributed by atoms with Crippen LogP contribution in [0, 0.1) is 5.92 Å². The van der Waals surface area contributed by atoms with Crippen molar-refractivity contribution < 1.29 is 28.3 Å². The summed E-state index contributed by atoms with van der Waals surface area (Å²) in [6.07, 6.45) is 11.5. The number of rotatable bonds is 14. The van der Waals surface area contributed by atoms with Crippen LogP contribution in [0.15, 0.2) is 44.3 Å². The molecule has 0 aliphatic heterocycles. The fourth-order valence-corrected chi connectivity index (χ4v) is 3.79. The van der Waals surface area contributed by atoms with Gasteiger partial charge in [-0.15, -0.1) is 0 Å². The molecule has 0 spiro atoms. The van der Waals surface area contributed by atoms with Gasteiger partial charge in [0.15, 0.2) is 5.78 Å². The van der Waals surface area contributed by atoms with Crippen molar-refractivity contribution in [1.29, 1.82) is 0 Å². The van der Waals surface area contributed by atoms with Crippen molar-refractivity contribution in [2.45, 2.75) is 78.1 Å². The lowest BCUT2D eigenvalue weighted by Gasteiger charge is -2.13. The molecule has 0 fully saturated rings. The maximum absolute atomic E-state index is 12.9. The largest absolute Gasteiger partial charge is 0.507 e. The van der Waals surface area contributed by atoms with E-state index in [0.717, 1.165) is 18.4 Å². The second-order valence-electron chi connectivity index (χ2n) is 8.91. The average Bonchev–Trinajstić information content (AvgIpc) is 3.27. The highest BCUT2D eigenvalue weighted by atomic mass is 16.5. The molecule has 2 heterocycles. The Morgan fingerprint density at radius 3 is 2.66 bits per heavy atom. The lowest BCUT2D eigenvalue weighted by atomic mass is 9.94. The van der Waals surface area contributed by atoms with Gasteiger partial charge in [0, 0.05) is 30.5 Å². The van der Waals surface area contributed by atoms with Gasteiger partial charge in [0.1, 0.15) is 22.8 Å². The summed E-state index contributed by atoms with van der Waals surface area (Å²) in [5.74, 6) is -0.618. The van der Waals surface area contributed by atoms with Crippen molar-refractivity contribution in [3.63, 3.8) is 0 Å². The Morgan fingerprint density at radius 1 is 1.20 bits per heavy atom. The molecular formula is C27H37NO7. The van der Waals surface area contributed by atoms with Crippen molar-refractivity contribution in [3.05, 3.63) is 63.7 Å². The van der Waals surface area contributed by atoms with Crippen LogP contribution in [0.25, 0.3) is 0 Å². The number of methoxy groups -OCH3 is 1. The van der Waals surface area contributed by atoms with Crippen LogP contribution < -0.4 is 10.9 Å². The maximum atomic E-state index is 12.9. The first-order chi connectivity index (χ1) is 16.8. The summed E-state index contributed by atoms with van der Waals surface area (Å²) in [5, 5.41) is 12.9. The molecule has 192 valence electrons. The Morgan fingerprint density at radius 2 is 1.97 bits per heavy atom. The number of aromatic hydroxyl groups is 1. The summed E-state index contributed by atoms with van der Waals surface area (Å²) in [6.45, 7) is 5.73. The highest BCUT2D eigenvalue weighted by molar-refractivity contribution is 5.99. The van der Waals surface area contributed by atoms with Crippen molar-refractivity contribution >= 4 is 11.9 Å². The number of hydrogen-bond acceptors (Lipinski definition) is 7. The lowest BCUT2D eigenvalue weighted by molar-refractivity contribution is 0.0918. The molecule has 0 saturated heterocycles. The summed E-state index contributed by atoms with van der Waals surface area (Å²) in [4.78, 5) is 36.5. The van der Waals surface area contributed by atoms with Crippen LogP contribution in [0.4, 0.5) is 4.79 Å². The van der Waals surface area contributed by atoms with E-state index in [1.807, 2.05) is 13.0 Å². The van der Waals surface area contributed by atoms with Gasteiger partial charge < -0.3 is 18.7 Å². The van der Waals surface area contributed by atoms with E-state index in [0.29, 0.717) is 30.8 Å². The molecule has 2 aromatic rings. The molecule has 2 atom stereocenters. The number of ether oxygens (including phenoxy) is 1. The molecule has 0 saturated carbocycles. The number of unbranched alkanes of at least 4 members (excludes halogenated alkanes) is 3. The van der Waals surface area contributed by atoms with E-state index in [1.54, 1.807) is 19.3 Å². The third-order valence-corrected chi connectivity index (χ3v) is 5.93. The molecule has 0 aliphatic carbocycles. The van der Waals surface area contributed by atoms with E-state index >= 15 is 0 Å². The monoisotopic (exact) mass is 487 g/mol. The minimum Gasteiger partial charge on any atom is -0.507 e. The van der Waals surface area contributed by atoms with E-state index in [-0.39, 0.29) is 17.2 Å². The van der Waals surface area contributed by atoms with Crippen LogP contribution in [0.1, 0.15) is 92.7 Å². The molecule has 0 bridgehead atoms. The summed E-state index contributed by atoms with van der Waals surface area (Å²) in [5.41, 5.74) is -0.0722. The second kappa shape index (κ2) is 14.2. The first kappa shape index (κ1) is 28.0. The van der Waals surface area contributed by atoms with Crippen molar-refractivity contribution in [2.75, 3.05) is 7.11 Å². The van der Waals surface area contributed by atoms with Crippen molar-refractivity contribution in [2.24, 2.45) is 5.92 Å². The Bertz CT molecular complexity index is 1050. The molecule has 1 unspecified atom stereocenters. The van der Waals surface area contributed by atoms with Gasteiger partial charge in [-0.3, -0.25) is 10.1 Å². The van der Waals surface area contributed by atoms with E-state index in [2.05, 4.69) is 17.0 Å². The number of ketones is 1. The number of nitrogens with one attached hydrogen (secondary N) is 1. The average molecular weight is 488 g/mol. The Labute approximate surface area is 206 Å². The lowest BCUT2D eigenvalue weighted by Crippen LogP contribution is -2.22. The third kappa shape index (κ3) is 8.77. The summed E-state index contributed by atoms with van der Waals surface area (Å²) < 4.78 is 15.5. The predicted molar refractivity (Wildman–Crippen MR) is 133 cm³/mol. The van der Waals surface area contributed by atoms with E-state index in [9.17, 15) is 19.5 Å². The standard InChI is InChI=1S/C27H37NO7/c1-5-6-7-8-12-20-15-21(34-17-20)14-19(3)25(30)24-22(29)16-23(35-26(24)31)18(2)11-9-10-13-28-27(32)33-4/h10,13,15-19,29H,5-9,11-12,14H2,1-4H3,(H,28,32)/b13-10+/t18?,19-/m0/s1. The molecule has 1 amide bonds. The molecule has 2 aromatic heterocycles. The summed E-state index contributed by atoms with van der Waals surface area (Å²) in [6, 6.07) is 3.29. The first-order valence-electron chi connectivity index (χ1n) is 12.2. The van der Waals surface area contributed by atoms with Crippen LogP contribution >= 0.6 is 0 Å². The van der Waals surface area contributed by atoms with E-state index in [4.69, 9.17) is 8.83 Å². The quantitative estimate of drug-likeness (QED) is 0.252. The van der Waals surface area contributed by atoms with E-state index in [1.165, 1.54) is 38.6 Å². The second-order valence-corrected chi connectivity index (χ2v) is 8.91. The SMILES string of the molecule is CCCCCCc1coc(C[C@H](C)C(=O)c2c(O)cc(C(C)CC/C=C/NC(=O)OC)oc2=O)c1. The highest BCUT2D eigenvalue weighted by Crippen LogP contribution is 2.27. The number of alkyl carbamates (subject to hydrolysis) is 1. The zero-order valence-electron chi connectivity index (χ0n) is 21.1. The van der Waals surface area contributed by atoms with Gasteiger partial charge in [-0.25, -0.2) is 9.59 Å². The minimum atomic E-state index is -0.845. The van der Waals surface area contributed by atoms with Crippen LogP contribution in [0.2, 0.25) is 0 Å². The molecule has 8 heteroatoms. The van der Waals surface area contributed by atoms with E-state index < -0.39 is 23.4 Å². The molecule has 35 heavy (non-hydrogen) atoms. The minimum absolute atomic E-state index is 0.184. The number of amides is 1. The fraction of sp³-hybridized carbons (Fsp3) is 0.519. The molecule has 2 N–H and O–H groups in total. The number of carbonyl (C=O) groups excluding carboxylic acids is 2. The molecule has 2 rings (SSSR count). The molecule has 8 nitrogen and oxygen atoms in total. The number of furan rings is 1. The van der Waals surface area contributed by atoms with Crippen LogP contribution in [-0.4, -0.2) is 24.1 Å². The molecule has 0 aromatic carbocycles. The van der Waals surface area contributed by atoms with Crippen LogP contribution in [0.3, 0.4) is 0 Å². The van der Waals surface area contributed by atoms with Gasteiger partial charge in [-0.2, -0.15) is 0 Å². The molecule has 0 aliphatic rings. The normalized spacial score (nSPS) is 13.0. The molecular weight excluding hydrogens is 450 g/mol. The highest BCUT2D eigenvalue weighted by Gasteiger charge is 2.26. The summed E-state index contributed by atoms with van der Waals surface area (Å²) >= 11 is 0. The van der Waals surface area contributed by atoms with Gasteiger partial charge in [-0.1, -0.05) is 46.1 Å². The number of hydrogen-bond donors (Lipinski definition) is 2. The smallest absolute Gasteiger partial charge is 0.410 e. The number of allylic oxidation sites excluding steroid dienone is 1. The van der Waals surface area contributed by atoms with Gasteiger partial charge >= 0.3 is 11.7 Å². The van der Waals surface area contributed by atoms with Crippen LogP contribution in [-0.2, 0) is 17.6 Å². The topological polar surface area (TPSA) is 119 Å². The zero-order valence-corrected chi connectivity index (χ0v) is 21.1. The number of Topliss-reactive ketones (excluding diaryl/α,β-unsaturated/α-hetero) is 1. The number of carbonyl (C=O) groups is 2. The Hall–Kier alpha value is -3.29. The van der Waals surface area contributed by atoms with Gasteiger partial charge in [0.05, 0.1) is 13.4 Å². The van der Waals surface area contributed by atoms with Crippen molar-refractivity contribution in [3.8, 4) is 5.75 Å². The number of aryl methyl sites for hydroxylation is 1. The first-order valence-corrected chi connectivity index (χ1v) is 12.2. The summed E-state index contributed by atoms with van der Waals surface area (Å²) in [7, 11) is 1.28. The Kier molecular flexibility index (Phi) is 11.3.